The number of ketones is 1. The molecule has 0 unspecified atom stereocenters. The normalized spacial score (nSPS) is 20.2. The zero-order valence-electron chi connectivity index (χ0n) is 22.6. The van der Waals surface area contributed by atoms with Crippen molar-refractivity contribution in [2.45, 2.75) is 96.8 Å². The smallest absolute Gasteiger partial charge is 0.245 e. The number of nitrogens with zero attached hydrogens (tertiary/aromatic N) is 2. The van der Waals surface area contributed by atoms with Crippen molar-refractivity contribution < 1.29 is 14.4 Å². The number of carbonyl (C=O) groups is 3. The van der Waals surface area contributed by atoms with Gasteiger partial charge >= 0.3 is 0 Å². The molecule has 1 saturated carbocycles. The third-order valence-corrected chi connectivity index (χ3v) is 8.73. The van der Waals surface area contributed by atoms with Crippen LogP contribution in [0.3, 0.4) is 0 Å². The molecule has 202 valence electrons. The molecule has 7 nitrogen and oxygen atoms in total. The lowest BCUT2D eigenvalue weighted by molar-refractivity contribution is -0.139. The van der Waals surface area contributed by atoms with Gasteiger partial charge in [-0.1, -0.05) is 30.9 Å². The lowest BCUT2D eigenvalue weighted by Crippen LogP contribution is -2.56. The van der Waals surface area contributed by atoms with Gasteiger partial charge in [-0.3, -0.25) is 14.4 Å². The van der Waals surface area contributed by atoms with Gasteiger partial charge in [0.15, 0.2) is 5.78 Å². The Morgan fingerprint density at radius 1 is 1.11 bits per heavy atom. The molecule has 8 heteroatoms. The first-order valence-electron chi connectivity index (χ1n) is 13.8. The number of carbonyl (C=O) groups excluding carboxylic acids is 3. The van der Waals surface area contributed by atoms with Gasteiger partial charge in [-0.15, -0.1) is 0 Å². The molecule has 2 heterocycles. The Balaban J connectivity index is 1.54. The molecular weight excluding hydrogens is 488 g/mol. The number of amides is 2. The van der Waals surface area contributed by atoms with E-state index in [9.17, 15) is 14.4 Å². The summed E-state index contributed by atoms with van der Waals surface area (Å²) in [5.41, 5.74) is 2.65. The molecule has 2 aliphatic rings. The third-order valence-electron chi connectivity index (χ3n) is 8.49. The minimum absolute atomic E-state index is 0.0306. The van der Waals surface area contributed by atoms with E-state index in [2.05, 4.69) is 15.2 Å². The number of aryl methyl sites for hydroxylation is 1. The van der Waals surface area contributed by atoms with E-state index < -0.39 is 6.04 Å². The molecule has 0 radical (unpaired) electrons. The fourth-order valence-electron chi connectivity index (χ4n) is 6.33. The van der Waals surface area contributed by atoms with Crippen LogP contribution in [-0.4, -0.2) is 58.8 Å². The van der Waals surface area contributed by atoms with Gasteiger partial charge in [-0.05, 0) is 84.0 Å². The third kappa shape index (κ3) is 5.88. The van der Waals surface area contributed by atoms with Gasteiger partial charge in [-0.25, -0.2) is 0 Å². The molecule has 1 aliphatic heterocycles. The molecule has 0 spiro atoms. The van der Waals surface area contributed by atoms with Gasteiger partial charge < -0.3 is 20.1 Å². The second-order valence-corrected chi connectivity index (χ2v) is 11.3. The van der Waals surface area contributed by atoms with Gasteiger partial charge in [-0.2, -0.15) is 0 Å². The van der Waals surface area contributed by atoms with Crippen molar-refractivity contribution in [3.63, 3.8) is 0 Å². The number of rotatable bonds is 9. The first kappa shape index (κ1) is 27.6. The van der Waals surface area contributed by atoms with Gasteiger partial charge in [0.05, 0.1) is 6.04 Å². The number of likely N-dealkylation sites (tertiary alicyclic amines) is 1. The van der Waals surface area contributed by atoms with Crippen LogP contribution < -0.4 is 10.6 Å². The second-order valence-electron chi connectivity index (χ2n) is 10.8. The van der Waals surface area contributed by atoms with Crippen molar-refractivity contribution in [1.29, 1.82) is 0 Å². The first-order valence-corrected chi connectivity index (χ1v) is 14.2. The maximum Gasteiger partial charge on any atom is 0.245 e. The highest BCUT2D eigenvalue weighted by molar-refractivity contribution is 6.31. The van der Waals surface area contributed by atoms with Crippen LogP contribution in [0, 0.1) is 12.8 Å². The maximum atomic E-state index is 13.9. The Morgan fingerprint density at radius 3 is 2.51 bits per heavy atom. The lowest BCUT2D eigenvalue weighted by atomic mass is 9.83. The molecule has 3 atom stereocenters. The van der Waals surface area contributed by atoms with Crippen LogP contribution in [0.1, 0.15) is 81.3 Å². The average molecular weight is 529 g/mol. The van der Waals surface area contributed by atoms with Crippen LogP contribution in [-0.2, 0) is 16.1 Å². The van der Waals surface area contributed by atoms with E-state index in [-0.39, 0.29) is 35.6 Å². The number of benzene rings is 1. The molecule has 2 aromatic rings. The largest absolute Gasteiger partial charge is 0.344 e. The number of nitrogens with one attached hydrogen (secondary N) is 2. The molecule has 2 N–H and O–H groups in total. The quantitative estimate of drug-likeness (QED) is 0.455. The molecule has 2 fully saturated rings. The predicted molar refractivity (Wildman–Crippen MR) is 148 cm³/mol. The Labute approximate surface area is 225 Å². The SMILES string of the molecule is CN[C@@H](C)C(=O)N[C@H](C(=O)N1CCC[C@H]1CCn1c(C)c(C(C)=O)c2cc(Cl)ccc21)C1CCCCC1. The van der Waals surface area contributed by atoms with Gasteiger partial charge in [0.25, 0.3) is 0 Å². The summed E-state index contributed by atoms with van der Waals surface area (Å²) in [6.07, 6.45) is 8.09. The second kappa shape index (κ2) is 12.0. The van der Waals surface area contributed by atoms with Gasteiger partial charge in [0.1, 0.15) is 6.04 Å². The summed E-state index contributed by atoms with van der Waals surface area (Å²) in [6.45, 7) is 6.84. The van der Waals surface area contributed by atoms with E-state index in [1.807, 2.05) is 36.9 Å². The number of aromatic nitrogens is 1. The summed E-state index contributed by atoms with van der Waals surface area (Å²) in [5, 5.41) is 7.60. The van der Waals surface area contributed by atoms with Crippen LogP contribution in [0.2, 0.25) is 5.02 Å². The topological polar surface area (TPSA) is 83.4 Å². The van der Waals surface area contributed by atoms with Gasteiger partial charge in [0.2, 0.25) is 11.8 Å². The zero-order chi connectivity index (χ0) is 26.7. The lowest BCUT2D eigenvalue weighted by Gasteiger charge is -2.35. The van der Waals surface area contributed by atoms with Crippen LogP contribution in [0.5, 0.6) is 0 Å². The monoisotopic (exact) mass is 528 g/mol. The van der Waals surface area contributed by atoms with Crippen molar-refractivity contribution in [2.24, 2.45) is 5.92 Å². The van der Waals surface area contributed by atoms with Crippen molar-refractivity contribution in [2.75, 3.05) is 13.6 Å². The summed E-state index contributed by atoms with van der Waals surface area (Å²) >= 11 is 6.25. The van der Waals surface area contributed by atoms with Crippen molar-refractivity contribution in [3.8, 4) is 0 Å². The molecule has 0 bridgehead atoms. The number of Topliss-reactive ketones (excluding diaryl/α,β-unsaturated/α-hetero) is 1. The van der Waals surface area contributed by atoms with E-state index in [1.54, 1.807) is 14.0 Å². The Kier molecular flexibility index (Phi) is 8.96. The summed E-state index contributed by atoms with van der Waals surface area (Å²) in [6, 6.07) is 5.01. The highest BCUT2D eigenvalue weighted by Crippen LogP contribution is 2.32. The molecule has 1 aromatic heterocycles. The van der Waals surface area contributed by atoms with Crippen LogP contribution in [0.15, 0.2) is 18.2 Å². The summed E-state index contributed by atoms with van der Waals surface area (Å²) < 4.78 is 2.19. The molecule has 1 saturated heterocycles. The van der Waals surface area contributed by atoms with Crippen molar-refractivity contribution in [3.05, 3.63) is 34.5 Å². The van der Waals surface area contributed by atoms with E-state index in [4.69, 9.17) is 11.6 Å². The highest BCUT2D eigenvalue weighted by Gasteiger charge is 2.38. The Bertz CT molecular complexity index is 1150. The molecule has 4 rings (SSSR count). The summed E-state index contributed by atoms with van der Waals surface area (Å²) in [5.74, 6) is 0.167. The fourth-order valence-corrected chi connectivity index (χ4v) is 6.50. The fraction of sp³-hybridized carbons (Fsp3) is 0.621. The molecule has 37 heavy (non-hydrogen) atoms. The van der Waals surface area contributed by atoms with Crippen LogP contribution >= 0.6 is 11.6 Å². The first-order chi connectivity index (χ1) is 17.7. The minimum Gasteiger partial charge on any atom is -0.344 e. The highest BCUT2D eigenvalue weighted by atomic mass is 35.5. The number of fused-ring (bicyclic) bond motifs is 1. The number of hydrogen-bond acceptors (Lipinski definition) is 4. The number of hydrogen-bond donors (Lipinski definition) is 2. The molecule has 1 aromatic carbocycles. The average Bonchev–Trinajstić information content (AvgIpc) is 3.46. The Hall–Kier alpha value is -2.38. The van der Waals surface area contributed by atoms with E-state index >= 15 is 0 Å². The van der Waals surface area contributed by atoms with Crippen LogP contribution in [0.4, 0.5) is 0 Å². The van der Waals surface area contributed by atoms with Gasteiger partial charge in [0, 0.05) is 46.3 Å². The number of halogens is 1. The van der Waals surface area contributed by atoms with E-state index in [1.165, 1.54) is 6.42 Å². The van der Waals surface area contributed by atoms with Crippen molar-refractivity contribution >= 4 is 40.1 Å². The molecule has 2 amide bonds. The number of likely N-dealkylation sites (N-methyl/N-ethyl adjacent to an activating group) is 1. The summed E-state index contributed by atoms with van der Waals surface area (Å²) in [4.78, 5) is 41.2. The molecular formula is C29H41ClN4O3. The summed E-state index contributed by atoms with van der Waals surface area (Å²) in [7, 11) is 1.76. The van der Waals surface area contributed by atoms with Crippen molar-refractivity contribution in [1.82, 2.24) is 20.1 Å². The maximum absolute atomic E-state index is 13.9. The Morgan fingerprint density at radius 2 is 1.84 bits per heavy atom. The standard InChI is InChI=1S/C29H41ClN4O3/c1-18(31-4)28(36)32-27(21-9-6-5-7-10-21)29(37)34-15-8-11-23(34)14-16-33-19(2)26(20(3)35)24-17-22(30)12-13-25(24)33/h12-13,17-18,21,23,27,31H,5-11,14-16H2,1-4H3,(H,32,36)/t18-,23-,27-/m0/s1. The zero-order valence-corrected chi connectivity index (χ0v) is 23.4. The predicted octanol–water partition coefficient (Wildman–Crippen LogP) is 4.86. The van der Waals surface area contributed by atoms with E-state index in [0.717, 1.165) is 73.7 Å². The van der Waals surface area contributed by atoms with Crippen LogP contribution in [0.25, 0.3) is 10.9 Å². The minimum atomic E-state index is -0.468. The molecule has 1 aliphatic carbocycles. The van der Waals surface area contributed by atoms with E-state index in [0.29, 0.717) is 11.6 Å².